The van der Waals surface area contributed by atoms with Crippen LogP contribution in [0.4, 0.5) is 4.79 Å². The summed E-state index contributed by atoms with van der Waals surface area (Å²) in [5.74, 6) is -0.429. The number of nitrogens with two attached hydrogens (primary N) is 1. The number of carbonyl (C=O) groups excluding carboxylic acids is 2. The van der Waals surface area contributed by atoms with Crippen molar-refractivity contribution in [3.05, 3.63) is 34.9 Å². The van der Waals surface area contributed by atoms with Crippen molar-refractivity contribution in [1.82, 2.24) is 10.4 Å². The summed E-state index contributed by atoms with van der Waals surface area (Å²) in [5, 5.41) is 1.50. The van der Waals surface area contributed by atoms with Crippen LogP contribution in [0.5, 0.6) is 0 Å². The van der Waals surface area contributed by atoms with Crippen LogP contribution >= 0.6 is 11.6 Å². The molecule has 0 unspecified atom stereocenters. The van der Waals surface area contributed by atoms with Gasteiger partial charge in [0.1, 0.15) is 0 Å². The maximum Gasteiger partial charge on any atom is 0.333 e. The third kappa shape index (κ3) is 2.68. The minimum Gasteiger partial charge on any atom is -0.350 e. The van der Waals surface area contributed by atoms with Crippen LogP contribution in [0, 0.1) is 0 Å². The van der Waals surface area contributed by atoms with Crippen LogP contribution in [0.25, 0.3) is 0 Å². The second-order valence-corrected chi connectivity index (χ2v) is 4.27. The Morgan fingerprint density at radius 3 is 2.53 bits per heavy atom. The molecule has 1 fully saturated rings. The number of primary amides is 1. The van der Waals surface area contributed by atoms with E-state index in [2.05, 4.69) is 5.43 Å². The maximum absolute atomic E-state index is 11.9. The Balaban J connectivity index is 2.10. The Kier molecular flexibility index (Phi) is 3.19. The van der Waals surface area contributed by atoms with Gasteiger partial charge < -0.3 is 5.73 Å². The van der Waals surface area contributed by atoms with Crippen LogP contribution in [-0.2, 0) is 0 Å². The van der Waals surface area contributed by atoms with Gasteiger partial charge in [0.05, 0.1) is 16.6 Å². The van der Waals surface area contributed by atoms with Gasteiger partial charge in [-0.1, -0.05) is 23.7 Å². The number of carbonyl (C=O) groups is 2. The topological polar surface area (TPSA) is 75.4 Å². The van der Waals surface area contributed by atoms with E-state index in [9.17, 15) is 9.59 Å². The highest BCUT2D eigenvalue weighted by Gasteiger charge is 2.33. The van der Waals surface area contributed by atoms with Crippen molar-refractivity contribution >= 4 is 23.5 Å². The molecule has 1 aliphatic rings. The van der Waals surface area contributed by atoms with Crippen LogP contribution < -0.4 is 11.2 Å². The van der Waals surface area contributed by atoms with E-state index in [0.29, 0.717) is 10.6 Å². The molecule has 0 aliphatic heterocycles. The van der Waals surface area contributed by atoms with E-state index in [1.165, 1.54) is 0 Å². The first-order chi connectivity index (χ1) is 8.09. The lowest BCUT2D eigenvalue weighted by atomic mass is 10.2. The van der Waals surface area contributed by atoms with E-state index >= 15 is 0 Å². The molecule has 2 rings (SSSR count). The Labute approximate surface area is 103 Å². The van der Waals surface area contributed by atoms with Gasteiger partial charge in [0, 0.05) is 0 Å². The minimum absolute atomic E-state index is 0.0129. The van der Waals surface area contributed by atoms with Crippen molar-refractivity contribution in [3.63, 3.8) is 0 Å². The van der Waals surface area contributed by atoms with E-state index in [1.54, 1.807) is 24.3 Å². The molecule has 3 N–H and O–H groups in total. The van der Waals surface area contributed by atoms with Gasteiger partial charge in [0.15, 0.2) is 0 Å². The highest BCUT2D eigenvalue weighted by Crippen LogP contribution is 2.25. The molecule has 0 aromatic heterocycles. The van der Waals surface area contributed by atoms with E-state index in [1.807, 2.05) is 0 Å². The van der Waals surface area contributed by atoms with Crippen molar-refractivity contribution in [2.45, 2.75) is 18.9 Å². The maximum atomic E-state index is 11.9. The second kappa shape index (κ2) is 4.63. The van der Waals surface area contributed by atoms with Crippen LogP contribution in [0.1, 0.15) is 23.2 Å². The first kappa shape index (κ1) is 11.7. The Bertz CT molecular complexity index is 460. The lowest BCUT2D eigenvalue weighted by Gasteiger charge is -2.20. The zero-order valence-corrected chi connectivity index (χ0v) is 9.78. The van der Waals surface area contributed by atoms with Crippen molar-refractivity contribution in [2.24, 2.45) is 5.73 Å². The summed E-state index contributed by atoms with van der Waals surface area (Å²) < 4.78 is 0. The minimum atomic E-state index is -0.659. The molecule has 3 amide bonds. The number of nitrogens with zero attached hydrogens (tertiary/aromatic N) is 1. The molecule has 0 bridgehead atoms. The monoisotopic (exact) mass is 253 g/mol. The molecule has 0 radical (unpaired) electrons. The van der Waals surface area contributed by atoms with E-state index < -0.39 is 11.9 Å². The fourth-order valence-corrected chi connectivity index (χ4v) is 1.70. The predicted octanol–water partition coefficient (Wildman–Crippen LogP) is 1.53. The number of hydrogen-bond donors (Lipinski definition) is 2. The van der Waals surface area contributed by atoms with Gasteiger partial charge in [-0.25, -0.2) is 9.80 Å². The molecule has 0 spiro atoms. The van der Waals surface area contributed by atoms with Crippen LogP contribution in [-0.4, -0.2) is 23.0 Å². The number of hydrazine groups is 1. The van der Waals surface area contributed by atoms with E-state index in [4.69, 9.17) is 17.3 Å². The Morgan fingerprint density at radius 2 is 2.00 bits per heavy atom. The molecule has 0 saturated heterocycles. The molecule has 5 nitrogen and oxygen atoms in total. The molecule has 1 saturated carbocycles. The standard InChI is InChI=1S/C11H12ClN3O2/c12-9-4-2-1-3-8(9)10(16)14-15(11(13)17)7-5-6-7/h1-4,7H,5-6H2,(H2,13,17)(H,14,16). The summed E-state index contributed by atoms with van der Waals surface area (Å²) in [6.45, 7) is 0. The largest absolute Gasteiger partial charge is 0.350 e. The molecule has 6 heteroatoms. The lowest BCUT2D eigenvalue weighted by Crippen LogP contribution is -2.50. The first-order valence-corrected chi connectivity index (χ1v) is 5.61. The number of rotatable bonds is 2. The summed E-state index contributed by atoms with van der Waals surface area (Å²) in [6.07, 6.45) is 1.71. The SMILES string of the molecule is NC(=O)N(NC(=O)c1ccccc1Cl)C1CC1. The quantitative estimate of drug-likeness (QED) is 0.785. The predicted molar refractivity (Wildman–Crippen MR) is 63.4 cm³/mol. The average molecular weight is 254 g/mol. The second-order valence-electron chi connectivity index (χ2n) is 3.86. The summed E-state index contributed by atoms with van der Waals surface area (Å²) >= 11 is 5.88. The molecule has 90 valence electrons. The normalized spacial score (nSPS) is 14.2. The Morgan fingerprint density at radius 1 is 1.35 bits per heavy atom. The molecule has 1 aromatic rings. The fourth-order valence-electron chi connectivity index (χ4n) is 1.47. The average Bonchev–Trinajstić information content (AvgIpc) is 3.09. The van der Waals surface area contributed by atoms with Gasteiger partial charge in [0.25, 0.3) is 5.91 Å². The van der Waals surface area contributed by atoms with Gasteiger partial charge in [-0.2, -0.15) is 0 Å². The van der Waals surface area contributed by atoms with Crippen LogP contribution in [0.3, 0.4) is 0 Å². The third-order valence-electron chi connectivity index (χ3n) is 2.49. The van der Waals surface area contributed by atoms with Crippen molar-refractivity contribution in [1.29, 1.82) is 0 Å². The Hall–Kier alpha value is -1.75. The summed E-state index contributed by atoms with van der Waals surface area (Å²) in [5.41, 5.74) is 7.97. The van der Waals surface area contributed by atoms with Gasteiger partial charge in [-0.05, 0) is 25.0 Å². The zero-order valence-electron chi connectivity index (χ0n) is 9.02. The van der Waals surface area contributed by atoms with Gasteiger partial charge in [-0.15, -0.1) is 0 Å². The highest BCUT2D eigenvalue weighted by molar-refractivity contribution is 6.33. The molecule has 1 aromatic carbocycles. The number of urea groups is 1. The van der Waals surface area contributed by atoms with Crippen LogP contribution in [0.2, 0.25) is 5.02 Å². The van der Waals surface area contributed by atoms with Crippen molar-refractivity contribution in [2.75, 3.05) is 0 Å². The highest BCUT2D eigenvalue weighted by atomic mass is 35.5. The fraction of sp³-hybridized carbons (Fsp3) is 0.273. The lowest BCUT2D eigenvalue weighted by molar-refractivity contribution is 0.0824. The molecule has 0 atom stereocenters. The number of amides is 3. The molecular formula is C11H12ClN3O2. The molecule has 1 aliphatic carbocycles. The summed E-state index contributed by atoms with van der Waals surface area (Å²) in [6, 6.07) is 5.98. The van der Waals surface area contributed by atoms with E-state index in [0.717, 1.165) is 17.9 Å². The smallest absolute Gasteiger partial charge is 0.333 e. The summed E-state index contributed by atoms with van der Waals surface area (Å²) in [4.78, 5) is 23.0. The van der Waals surface area contributed by atoms with Crippen molar-refractivity contribution in [3.8, 4) is 0 Å². The molecule has 17 heavy (non-hydrogen) atoms. The van der Waals surface area contributed by atoms with Gasteiger partial charge in [-0.3, -0.25) is 10.2 Å². The number of hydrogen-bond acceptors (Lipinski definition) is 2. The van der Waals surface area contributed by atoms with Crippen molar-refractivity contribution < 1.29 is 9.59 Å². The number of nitrogens with one attached hydrogen (secondary N) is 1. The third-order valence-corrected chi connectivity index (χ3v) is 2.82. The van der Waals surface area contributed by atoms with Crippen LogP contribution in [0.15, 0.2) is 24.3 Å². The number of halogens is 1. The van der Waals surface area contributed by atoms with Gasteiger partial charge in [0.2, 0.25) is 0 Å². The van der Waals surface area contributed by atoms with E-state index in [-0.39, 0.29) is 6.04 Å². The van der Waals surface area contributed by atoms with Gasteiger partial charge >= 0.3 is 6.03 Å². The zero-order chi connectivity index (χ0) is 12.4. The molecule has 0 heterocycles. The number of benzene rings is 1. The first-order valence-electron chi connectivity index (χ1n) is 5.24. The summed E-state index contributed by atoms with van der Waals surface area (Å²) in [7, 11) is 0. The molecular weight excluding hydrogens is 242 g/mol.